The molecule has 6 heteroatoms. The fourth-order valence-corrected chi connectivity index (χ4v) is 3.25. The Kier molecular flexibility index (Phi) is 4.39. The molecule has 0 spiro atoms. The van der Waals surface area contributed by atoms with Crippen LogP contribution in [-0.2, 0) is 11.3 Å². The van der Waals surface area contributed by atoms with E-state index in [4.69, 9.17) is 4.74 Å². The normalized spacial score (nSPS) is 15.9. The average molecular weight is 349 g/mol. The molecule has 3 aromatic rings. The van der Waals surface area contributed by atoms with Gasteiger partial charge in [0.05, 0.1) is 29.9 Å². The lowest BCUT2D eigenvalue weighted by Gasteiger charge is -2.26. The molecule has 1 aliphatic heterocycles. The van der Waals surface area contributed by atoms with Crippen molar-refractivity contribution < 1.29 is 9.53 Å². The number of nitrogens with one attached hydrogen (secondary N) is 1. The molecule has 4 rings (SSSR count). The summed E-state index contributed by atoms with van der Waals surface area (Å²) in [6, 6.07) is 14.9. The number of aryl methyl sites for hydroxylation is 1. The molecule has 0 fully saturated rings. The van der Waals surface area contributed by atoms with E-state index in [9.17, 15) is 9.59 Å². The number of rotatable bonds is 4. The lowest BCUT2D eigenvalue weighted by atomic mass is 10.0. The van der Waals surface area contributed by atoms with Gasteiger partial charge in [0, 0.05) is 24.9 Å². The summed E-state index contributed by atoms with van der Waals surface area (Å²) in [5, 5.41) is 3.61. The first-order chi connectivity index (χ1) is 12.7. The minimum Gasteiger partial charge on any atom is -0.493 e. The fraction of sp³-hybridized carbons (Fsp3) is 0.250. The summed E-state index contributed by atoms with van der Waals surface area (Å²) in [6.07, 6.45) is 2.46. The van der Waals surface area contributed by atoms with Gasteiger partial charge in [0.15, 0.2) is 0 Å². The lowest BCUT2D eigenvalue weighted by molar-refractivity contribution is -0.122. The number of nitrogens with zero attached hydrogens (tertiary/aromatic N) is 2. The maximum Gasteiger partial charge on any atom is 0.261 e. The Morgan fingerprint density at radius 2 is 2.00 bits per heavy atom. The number of fused-ring (bicyclic) bond motifs is 2. The first-order valence-corrected chi connectivity index (χ1v) is 8.67. The van der Waals surface area contributed by atoms with Gasteiger partial charge in [0.1, 0.15) is 5.75 Å². The molecule has 0 aliphatic carbocycles. The van der Waals surface area contributed by atoms with Gasteiger partial charge in [-0.3, -0.25) is 14.2 Å². The lowest BCUT2D eigenvalue weighted by Crippen LogP contribution is -2.33. The van der Waals surface area contributed by atoms with E-state index in [1.54, 1.807) is 12.1 Å². The summed E-state index contributed by atoms with van der Waals surface area (Å²) in [4.78, 5) is 29.1. The molecule has 1 amide bonds. The monoisotopic (exact) mass is 349 g/mol. The minimum absolute atomic E-state index is 0.0566. The molecule has 1 aliphatic rings. The minimum atomic E-state index is -0.125. The van der Waals surface area contributed by atoms with Gasteiger partial charge in [-0.2, -0.15) is 0 Å². The van der Waals surface area contributed by atoms with E-state index < -0.39 is 0 Å². The second-order valence-corrected chi connectivity index (χ2v) is 6.31. The SMILES string of the molecule is O=C(CCn1cnc2ccccc2c1=O)NC1CCOc2ccccc21. The average Bonchev–Trinajstić information content (AvgIpc) is 2.68. The van der Waals surface area contributed by atoms with Crippen LogP contribution >= 0.6 is 0 Å². The number of aromatic nitrogens is 2. The maximum absolute atomic E-state index is 12.5. The van der Waals surface area contributed by atoms with Crippen LogP contribution in [-0.4, -0.2) is 22.1 Å². The summed E-state index contributed by atoms with van der Waals surface area (Å²) >= 11 is 0. The predicted molar refractivity (Wildman–Crippen MR) is 98.1 cm³/mol. The molecule has 1 atom stereocenters. The number of para-hydroxylation sites is 2. The maximum atomic E-state index is 12.5. The van der Waals surface area contributed by atoms with Gasteiger partial charge in [-0.1, -0.05) is 30.3 Å². The Hall–Kier alpha value is -3.15. The number of carbonyl (C=O) groups excluding carboxylic acids is 1. The molecule has 0 radical (unpaired) electrons. The second kappa shape index (κ2) is 7.00. The van der Waals surface area contributed by atoms with E-state index in [1.165, 1.54) is 10.9 Å². The van der Waals surface area contributed by atoms with Crippen LogP contribution in [0.15, 0.2) is 59.7 Å². The number of carbonyl (C=O) groups is 1. The van der Waals surface area contributed by atoms with E-state index >= 15 is 0 Å². The van der Waals surface area contributed by atoms with Crippen LogP contribution in [0.1, 0.15) is 24.4 Å². The van der Waals surface area contributed by atoms with E-state index in [2.05, 4.69) is 10.3 Å². The molecule has 2 aromatic carbocycles. The summed E-state index contributed by atoms with van der Waals surface area (Å²) in [6.45, 7) is 0.878. The van der Waals surface area contributed by atoms with E-state index in [0.717, 1.165) is 17.7 Å². The van der Waals surface area contributed by atoms with Crippen molar-refractivity contribution in [3.63, 3.8) is 0 Å². The molecule has 26 heavy (non-hydrogen) atoms. The molecular formula is C20H19N3O3. The number of benzene rings is 2. The smallest absolute Gasteiger partial charge is 0.261 e. The molecule has 2 heterocycles. The van der Waals surface area contributed by atoms with Crippen LogP contribution in [0.5, 0.6) is 5.75 Å². The molecule has 1 unspecified atom stereocenters. The highest BCUT2D eigenvalue weighted by atomic mass is 16.5. The van der Waals surface area contributed by atoms with Gasteiger partial charge < -0.3 is 10.1 Å². The van der Waals surface area contributed by atoms with Crippen LogP contribution in [0, 0.1) is 0 Å². The highest BCUT2D eigenvalue weighted by molar-refractivity contribution is 5.78. The molecule has 1 N–H and O–H groups in total. The molecule has 0 saturated heterocycles. The number of hydrogen-bond acceptors (Lipinski definition) is 4. The van der Waals surface area contributed by atoms with Gasteiger partial charge in [-0.05, 0) is 18.2 Å². The van der Waals surface area contributed by atoms with Crippen molar-refractivity contribution in [1.82, 2.24) is 14.9 Å². The van der Waals surface area contributed by atoms with Crippen LogP contribution in [0.25, 0.3) is 10.9 Å². The van der Waals surface area contributed by atoms with Gasteiger partial charge in [0.2, 0.25) is 5.91 Å². The highest BCUT2D eigenvalue weighted by Gasteiger charge is 2.22. The zero-order valence-corrected chi connectivity index (χ0v) is 14.2. The Balaban J connectivity index is 1.44. The first-order valence-electron chi connectivity index (χ1n) is 8.67. The third-order valence-corrected chi connectivity index (χ3v) is 4.61. The third-order valence-electron chi connectivity index (χ3n) is 4.61. The Bertz CT molecular complexity index is 1010. The predicted octanol–water partition coefficient (Wildman–Crippen LogP) is 2.43. The van der Waals surface area contributed by atoms with Crippen LogP contribution in [0.4, 0.5) is 0 Å². The van der Waals surface area contributed by atoms with Crippen LogP contribution < -0.4 is 15.6 Å². The Morgan fingerprint density at radius 3 is 2.92 bits per heavy atom. The summed E-state index contributed by atoms with van der Waals surface area (Å²) < 4.78 is 7.10. The van der Waals surface area contributed by atoms with Gasteiger partial charge in [0.25, 0.3) is 5.56 Å². The van der Waals surface area contributed by atoms with Crippen molar-refractivity contribution in [2.75, 3.05) is 6.61 Å². The van der Waals surface area contributed by atoms with Gasteiger partial charge in [-0.15, -0.1) is 0 Å². The van der Waals surface area contributed by atoms with Crippen molar-refractivity contribution >= 4 is 16.8 Å². The van der Waals surface area contributed by atoms with E-state index in [1.807, 2.05) is 36.4 Å². The van der Waals surface area contributed by atoms with Crippen molar-refractivity contribution in [2.45, 2.75) is 25.4 Å². The molecule has 1 aromatic heterocycles. The fourth-order valence-electron chi connectivity index (χ4n) is 3.25. The van der Waals surface area contributed by atoms with E-state index in [0.29, 0.717) is 24.1 Å². The number of amides is 1. The standard InChI is InChI=1S/C20H19N3O3/c24-19(22-17-10-12-26-18-8-4-2-5-14(17)18)9-11-23-13-21-16-7-3-1-6-15(16)20(23)25/h1-8,13,17H,9-12H2,(H,22,24). The molecule has 0 saturated carbocycles. The second-order valence-electron chi connectivity index (χ2n) is 6.31. The van der Waals surface area contributed by atoms with Crippen molar-refractivity contribution in [1.29, 1.82) is 0 Å². The molecular weight excluding hydrogens is 330 g/mol. The largest absolute Gasteiger partial charge is 0.493 e. The Labute approximate surface area is 150 Å². The van der Waals surface area contributed by atoms with Crippen molar-refractivity contribution in [3.8, 4) is 5.75 Å². The number of ether oxygens (including phenoxy) is 1. The number of hydrogen-bond donors (Lipinski definition) is 1. The Morgan fingerprint density at radius 1 is 1.19 bits per heavy atom. The van der Waals surface area contributed by atoms with E-state index in [-0.39, 0.29) is 23.9 Å². The third kappa shape index (κ3) is 3.18. The van der Waals surface area contributed by atoms with Crippen LogP contribution in [0.3, 0.4) is 0 Å². The van der Waals surface area contributed by atoms with Crippen molar-refractivity contribution in [3.05, 3.63) is 70.8 Å². The van der Waals surface area contributed by atoms with Crippen LogP contribution in [0.2, 0.25) is 0 Å². The topological polar surface area (TPSA) is 73.2 Å². The van der Waals surface area contributed by atoms with Gasteiger partial charge >= 0.3 is 0 Å². The quantitative estimate of drug-likeness (QED) is 0.785. The molecule has 0 bridgehead atoms. The summed E-state index contributed by atoms with van der Waals surface area (Å²) in [5.41, 5.74) is 1.54. The summed E-state index contributed by atoms with van der Waals surface area (Å²) in [7, 11) is 0. The van der Waals surface area contributed by atoms with Crippen molar-refractivity contribution in [2.24, 2.45) is 0 Å². The summed E-state index contributed by atoms with van der Waals surface area (Å²) in [5.74, 6) is 0.728. The zero-order chi connectivity index (χ0) is 17.9. The first kappa shape index (κ1) is 16.3. The zero-order valence-electron chi connectivity index (χ0n) is 14.2. The highest BCUT2D eigenvalue weighted by Crippen LogP contribution is 2.31. The molecule has 6 nitrogen and oxygen atoms in total. The molecule has 132 valence electrons. The van der Waals surface area contributed by atoms with Gasteiger partial charge in [-0.25, -0.2) is 4.98 Å².